The fourth-order valence-corrected chi connectivity index (χ4v) is 5.42. The minimum Gasteiger partial charge on any atom is -0.357 e. The fourth-order valence-electron chi connectivity index (χ4n) is 4.57. The zero-order valence-corrected chi connectivity index (χ0v) is 20.1. The number of aliphatic imine (C=N–C) groups is 1. The topological polar surface area (TPSA) is 86.7 Å². The lowest BCUT2D eigenvalue weighted by atomic mass is 9.85. The van der Waals surface area contributed by atoms with E-state index in [1.807, 2.05) is 13.8 Å². The van der Waals surface area contributed by atoms with Gasteiger partial charge in [-0.15, -0.1) is 35.3 Å². The minimum absolute atomic E-state index is 0. The van der Waals surface area contributed by atoms with Crippen LogP contribution < -0.4 is 10.6 Å². The molecule has 2 N–H and O–H groups in total. The Morgan fingerprint density at radius 3 is 2.41 bits per heavy atom. The Labute approximate surface area is 192 Å². The van der Waals surface area contributed by atoms with Crippen molar-refractivity contribution in [3.63, 3.8) is 0 Å². The number of guanidine groups is 1. The minimum atomic E-state index is -0.124. The van der Waals surface area contributed by atoms with Crippen molar-refractivity contribution < 1.29 is 9.59 Å². The molecule has 4 rings (SSSR count). The number of likely N-dealkylation sites (tertiary alicyclic amines) is 1. The van der Waals surface area contributed by atoms with Crippen LogP contribution in [0.15, 0.2) is 17.1 Å². The molecule has 2 bridgehead atoms. The van der Waals surface area contributed by atoms with Crippen LogP contribution in [0, 0.1) is 37.5 Å². The number of hydrogen-bond acceptors (Lipinski definition) is 5. The summed E-state index contributed by atoms with van der Waals surface area (Å²) in [5.74, 6) is 0.950. The second kappa shape index (κ2) is 9.11. The quantitative estimate of drug-likeness (QED) is 0.194. The van der Waals surface area contributed by atoms with Crippen molar-refractivity contribution in [3.8, 4) is 0 Å². The van der Waals surface area contributed by atoms with Crippen LogP contribution in [0.2, 0.25) is 0 Å². The Hall–Kier alpha value is -1.49. The number of halogens is 1. The number of amides is 2. The molecule has 2 heterocycles. The molecule has 1 aliphatic heterocycles. The highest BCUT2D eigenvalue weighted by Gasteiger charge is 2.58. The molecule has 29 heavy (non-hydrogen) atoms. The van der Waals surface area contributed by atoms with E-state index in [1.54, 1.807) is 11.3 Å². The second-order valence-corrected chi connectivity index (χ2v) is 8.99. The number of nitrogens with zero attached hydrogens (tertiary/aromatic N) is 3. The first kappa shape index (κ1) is 22.2. The van der Waals surface area contributed by atoms with Gasteiger partial charge in [-0.3, -0.25) is 14.5 Å². The smallest absolute Gasteiger partial charge is 0.233 e. The Bertz CT molecular complexity index is 802. The van der Waals surface area contributed by atoms with Gasteiger partial charge in [0.2, 0.25) is 11.8 Å². The molecule has 2 amide bonds. The van der Waals surface area contributed by atoms with Gasteiger partial charge in [-0.1, -0.05) is 12.2 Å². The predicted octanol–water partition coefficient (Wildman–Crippen LogP) is 2.24. The van der Waals surface area contributed by atoms with Gasteiger partial charge in [0.25, 0.3) is 0 Å². The third kappa shape index (κ3) is 4.21. The zero-order valence-electron chi connectivity index (χ0n) is 17.0. The first-order valence-electron chi connectivity index (χ1n) is 9.98. The Morgan fingerprint density at radius 2 is 1.86 bits per heavy atom. The molecule has 9 heteroatoms. The number of aromatic nitrogens is 1. The Balaban J connectivity index is 0.00000240. The largest absolute Gasteiger partial charge is 0.357 e. The highest BCUT2D eigenvalue weighted by Crippen LogP contribution is 2.52. The maximum atomic E-state index is 12.7. The highest BCUT2D eigenvalue weighted by atomic mass is 127. The van der Waals surface area contributed by atoms with E-state index >= 15 is 0 Å². The molecule has 0 spiro atoms. The van der Waals surface area contributed by atoms with Crippen LogP contribution in [0.25, 0.3) is 0 Å². The summed E-state index contributed by atoms with van der Waals surface area (Å²) in [4.78, 5) is 37.2. The number of aryl methyl sites for hydroxylation is 2. The van der Waals surface area contributed by atoms with Crippen LogP contribution in [-0.2, 0) is 16.1 Å². The molecular weight excluding hydrogens is 501 g/mol. The second-order valence-electron chi connectivity index (χ2n) is 7.70. The average Bonchev–Trinajstić information content (AvgIpc) is 3.41. The molecule has 3 aliphatic rings. The summed E-state index contributed by atoms with van der Waals surface area (Å²) in [6.45, 7) is 8.18. The van der Waals surface area contributed by atoms with Gasteiger partial charge in [0.05, 0.1) is 24.1 Å². The molecular formula is C20H28IN5O2S. The monoisotopic (exact) mass is 529 g/mol. The van der Waals surface area contributed by atoms with E-state index in [4.69, 9.17) is 0 Å². The standard InChI is InChI=1S/C20H27N5O2S.HI/c1-4-21-20(23-10-15-24-11(2)12(3)28-15)22-7-8-25-18(26)16-13-5-6-14(9-13)17(16)19(25)27;/h5-6,13-14,16-17H,4,7-10H2,1-3H3,(H2,21,22,23);1H. The number of rotatable bonds is 6. The van der Waals surface area contributed by atoms with E-state index in [1.165, 1.54) is 9.78 Å². The van der Waals surface area contributed by atoms with E-state index in [-0.39, 0.29) is 59.5 Å². The summed E-state index contributed by atoms with van der Waals surface area (Å²) >= 11 is 1.66. The van der Waals surface area contributed by atoms with Gasteiger partial charge in [0, 0.05) is 24.5 Å². The summed E-state index contributed by atoms with van der Waals surface area (Å²) in [6, 6.07) is 0. The maximum absolute atomic E-state index is 12.7. The lowest BCUT2D eigenvalue weighted by Gasteiger charge is -2.18. The van der Waals surface area contributed by atoms with Gasteiger partial charge in [0.1, 0.15) is 5.01 Å². The number of imide groups is 1. The molecule has 2 fully saturated rings. The summed E-state index contributed by atoms with van der Waals surface area (Å²) in [5, 5.41) is 7.42. The molecule has 4 atom stereocenters. The van der Waals surface area contributed by atoms with Crippen molar-refractivity contribution in [2.75, 3.05) is 19.6 Å². The van der Waals surface area contributed by atoms with E-state index in [0.29, 0.717) is 25.6 Å². The first-order valence-corrected chi connectivity index (χ1v) is 10.8. The third-order valence-corrected chi connectivity index (χ3v) is 7.04. The van der Waals surface area contributed by atoms with Crippen LogP contribution in [-0.4, -0.2) is 47.3 Å². The van der Waals surface area contributed by atoms with Crippen molar-refractivity contribution in [1.29, 1.82) is 0 Å². The summed E-state index contributed by atoms with van der Waals surface area (Å²) in [5.41, 5.74) is 1.05. The van der Waals surface area contributed by atoms with E-state index in [9.17, 15) is 9.59 Å². The molecule has 2 aliphatic carbocycles. The molecule has 1 saturated heterocycles. The molecule has 4 unspecified atom stereocenters. The molecule has 7 nitrogen and oxygen atoms in total. The SMILES string of the molecule is CCNC(=NCc1nc(C)c(C)s1)NCCN1C(=O)C2C3C=CC(C3)C2C1=O.I. The van der Waals surface area contributed by atoms with Crippen LogP contribution in [0.1, 0.15) is 28.9 Å². The number of nitrogens with one attached hydrogen (secondary N) is 2. The molecule has 0 aromatic carbocycles. The van der Waals surface area contributed by atoms with Gasteiger partial charge >= 0.3 is 0 Å². The number of thiazole rings is 1. The first-order chi connectivity index (χ1) is 13.5. The van der Waals surface area contributed by atoms with Crippen LogP contribution >= 0.6 is 35.3 Å². The zero-order chi connectivity index (χ0) is 19.8. The third-order valence-electron chi connectivity index (χ3n) is 5.98. The normalized spacial score (nSPS) is 27.4. The Morgan fingerprint density at radius 1 is 1.21 bits per heavy atom. The van der Waals surface area contributed by atoms with Crippen molar-refractivity contribution in [2.24, 2.45) is 28.7 Å². The van der Waals surface area contributed by atoms with Crippen molar-refractivity contribution in [3.05, 3.63) is 27.7 Å². The molecule has 1 saturated carbocycles. The maximum Gasteiger partial charge on any atom is 0.233 e. The summed E-state index contributed by atoms with van der Waals surface area (Å²) in [6.07, 6.45) is 5.21. The molecule has 1 aromatic rings. The van der Waals surface area contributed by atoms with Crippen molar-refractivity contribution in [1.82, 2.24) is 20.5 Å². The number of fused-ring (bicyclic) bond motifs is 5. The molecule has 158 valence electrons. The molecule has 0 radical (unpaired) electrons. The lowest BCUT2D eigenvalue weighted by Crippen LogP contribution is -2.43. The summed E-state index contributed by atoms with van der Waals surface area (Å²) in [7, 11) is 0. The van der Waals surface area contributed by atoms with Crippen LogP contribution in [0.4, 0.5) is 0 Å². The average molecular weight is 529 g/mol. The van der Waals surface area contributed by atoms with Crippen LogP contribution in [0.3, 0.4) is 0 Å². The van der Waals surface area contributed by atoms with Gasteiger partial charge in [-0.2, -0.15) is 0 Å². The van der Waals surface area contributed by atoms with Crippen molar-refractivity contribution >= 4 is 53.1 Å². The predicted molar refractivity (Wildman–Crippen MR) is 124 cm³/mol. The van der Waals surface area contributed by atoms with E-state index in [2.05, 4.69) is 39.7 Å². The van der Waals surface area contributed by atoms with Gasteiger partial charge in [-0.25, -0.2) is 9.98 Å². The molecule has 1 aromatic heterocycles. The van der Waals surface area contributed by atoms with E-state index < -0.39 is 0 Å². The highest BCUT2D eigenvalue weighted by molar-refractivity contribution is 14.0. The van der Waals surface area contributed by atoms with Crippen LogP contribution in [0.5, 0.6) is 0 Å². The summed E-state index contributed by atoms with van der Waals surface area (Å²) < 4.78 is 0. The number of allylic oxidation sites excluding steroid dienone is 2. The van der Waals surface area contributed by atoms with Gasteiger partial charge in [-0.05, 0) is 39.0 Å². The lowest BCUT2D eigenvalue weighted by molar-refractivity contribution is -0.140. The number of carbonyl (C=O) groups is 2. The van der Waals surface area contributed by atoms with E-state index in [0.717, 1.165) is 23.7 Å². The van der Waals surface area contributed by atoms with Gasteiger partial charge < -0.3 is 10.6 Å². The number of hydrogen-bond donors (Lipinski definition) is 2. The fraction of sp³-hybridized carbons (Fsp3) is 0.600. The number of carbonyl (C=O) groups excluding carboxylic acids is 2. The van der Waals surface area contributed by atoms with Crippen molar-refractivity contribution in [2.45, 2.75) is 33.7 Å². The van der Waals surface area contributed by atoms with Gasteiger partial charge in [0.15, 0.2) is 5.96 Å². The Kier molecular flexibility index (Phi) is 6.98.